The molecule has 0 spiro atoms. The zero-order valence-electron chi connectivity index (χ0n) is 9.30. The Labute approximate surface area is 108 Å². The van der Waals surface area contributed by atoms with Gasteiger partial charge in [0.1, 0.15) is 6.10 Å². The fraction of sp³-hybridized carbons (Fsp3) is 0.500. The lowest BCUT2D eigenvalue weighted by Crippen LogP contribution is -2.56. The number of carbonyl (C=O) groups is 1. The number of nitrogens with zero attached hydrogens (tertiary/aromatic N) is 2. The molecule has 5 heteroatoms. The van der Waals surface area contributed by atoms with Gasteiger partial charge in [-0.3, -0.25) is 4.79 Å². The van der Waals surface area contributed by atoms with E-state index < -0.39 is 0 Å². The number of halogens is 1. The fourth-order valence-electron chi connectivity index (χ4n) is 1.90. The van der Waals surface area contributed by atoms with Gasteiger partial charge in [0.05, 0.1) is 17.6 Å². The molecule has 4 nitrogen and oxygen atoms in total. The molecule has 0 unspecified atom stereocenters. The van der Waals surface area contributed by atoms with Crippen molar-refractivity contribution in [1.29, 1.82) is 0 Å². The summed E-state index contributed by atoms with van der Waals surface area (Å²) in [5.74, 6) is 1.21. The molecular formula is C12H13BrN2O2. The zero-order chi connectivity index (χ0) is 11.8. The van der Waals surface area contributed by atoms with Crippen molar-refractivity contribution < 1.29 is 9.53 Å². The number of pyridine rings is 1. The molecule has 1 amide bonds. The third-order valence-electron chi connectivity index (χ3n) is 3.09. The molecule has 1 saturated heterocycles. The summed E-state index contributed by atoms with van der Waals surface area (Å²) in [5.41, 5.74) is 0. The van der Waals surface area contributed by atoms with E-state index in [0.717, 1.165) is 17.3 Å². The lowest BCUT2D eigenvalue weighted by Gasteiger charge is -2.38. The van der Waals surface area contributed by atoms with E-state index in [1.54, 1.807) is 6.20 Å². The molecule has 1 saturated carbocycles. The Bertz CT molecular complexity index is 442. The molecular weight excluding hydrogens is 284 g/mol. The summed E-state index contributed by atoms with van der Waals surface area (Å²) in [6.45, 7) is 1.39. The van der Waals surface area contributed by atoms with Gasteiger partial charge in [-0.2, -0.15) is 0 Å². The second-order valence-electron chi connectivity index (χ2n) is 4.55. The van der Waals surface area contributed by atoms with Crippen molar-refractivity contribution in [3.8, 4) is 5.88 Å². The molecule has 1 aromatic heterocycles. The lowest BCUT2D eigenvalue weighted by atomic mass is 10.1. The molecule has 0 radical (unpaired) electrons. The Morgan fingerprint density at radius 1 is 1.47 bits per heavy atom. The summed E-state index contributed by atoms with van der Waals surface area (Å²) in [6.07, 6.45) is 3.91. The topological polar surface area (TPSA) is 42.4 Å². The number of carbonyl (C=O) groups excluding carboxylic acids is 1. The minimum atomic E-state index is 0.0869. The predicted octanol–water partition coefficient (Wildman–Crippen LogP) is 1.84. The van der Waals surface area contributed by atoms with Gasteiger partial charge in [-0.25, -0.2) is 4.98 Å². The van der Waals surface area contributed by atoms with Crippen molar-refractivity contribution >= 4 is 21.8 Å². The molecule has 0 bridgehead atoms. The molecule has 1 aliphatic carbocycles. The SMILES string of the molecule is O=C(C1CC1)N1CC(Oc2ncccc2Br)C1. The highest BCUT2D eigenvalue weighted by atomic mass is 79.9. The van der Waals surface area contributed by atoms with Crippen molar-refractivity contribution in [2.24, 2.45) is 5.92 Å². The van der Waals surface area contributed by atoms with Gasteiger partial charge in [0, 0.05) is 12.1 Å². The molecule has 1 aromatic rings. The number of hydrogen-bond donors (Lipinski definition) is 0. The van der Waals surface area contributed by atoms with Crippen molar-refractivity contribution in [2.75, 3.05) is 13.1 Å². The van der Waals surface area contributed by atoms with Crippen molar-refractivity contribution in [1.82, 2.24) is 9.88 Å². The Balaban J connectivity index is 1.53. The number of ether oxygens (including phenoxy) is 1. The number of aromatic nitrogens is 1. The molecule has 17 heavy (non-hydrogen) atoms. The Hall–Kier alpha value is -1.10. The van der Waals surface area contributed by atoms with E-state index in [-0.39, 0.29) is 6.10 Å². The molecule has 2 fully saturated rings. The molecule has 1 aliphatic heterocycles. The average Bonchev–Trinajstić information content (AvgIpc) is 3.08. The lowest BCUT2D eigenvalue weighted by molar-refractivity contribution is -0.141. The van der Waals surface area contributed by atoms with Gasteiger partial charge in [0.15, 0.2) is 0 Å². The summed E-state index contributed by atoms with van der Waals surface area (Å²) >= 11 is 3.39. The van der Waals surface area contributed by atoms with Crippen LogP contribution >= 0.6 is 15.9 Å². The van der Waals surface area contributed by atoms with Crippen LogP contribution in [-0.2, 0) is 4.79 Å². The molecule has 2 aliphatic rings. The standard InChI is InChI=1S/C12H13BrN2O2/c13-10-2-1-5-14-11(10)17-9-6-15(7-9)12(16)8-3-4-8/h1-2,5,8-9H,3-4,6-7H2. The van der Waals surface area contributed by atoms with Gasteiger partial charge in [-0.15, -0.1) is 0 Å². The normalized spacial score (nSPS) is 19.9. The summed E-state index contributed by atoms with van der Waals surface area (Å²) in [4.78, 5) is 17.7. The first-order chi connectivity index (χ1) is 8.24. The minimum absolute atomic E-state index is 0.0869. The second kappa shape index (κ2) is 4.29. The predicted molar refractivity (Wildman–Crippen MR) is 65.7 cm³/mol. The Morgan fingerprint density at radius 2 is 2.24 bits per heavy atom. The van der Waals surface area contributed by atoms with Crippen LogP contribution in [0.3, 0.4) is 0 Å². The highest BCUT2D eigenvalue weighted by molar-refractivity contribution is 9.10. The van der Waals surface area contributed by atoms with E-state index in [0.29, 0.717) is 30.8 Å². The van der Waals surface area contributed by atoms with Crippen LogP contribution in [-0.4, -0.2) is 35.0 Å². The smallest absolute Gasteiger partial charge is 0.228 e. The van der Waals surface area contributed by atoms with Crippen LogP contribution in [0.25, 0.3) is 0 Å². The molecule has 90 valence electrons. The van der Waals surface area contributed by atoms with Crippen LogP contribution in [0.5, 0.6) is 5.88 Å². The largest absolute Gasteiger partial charge is 0.470 e. The summed E-state index contributed by atoms with van der Waals surface area (Å²) in [7, 11) is 0. The van der Waals surface area contributed by atoms with E-state index in [1.807, 2.05) is 17.0 Å². The number of rotatable bonds is 3. The first-order valence-corrected chi connectivity index (χ1v) is 6.59. The first-order valence-electron chi connectivity index (χ1n) is 5.80. The van der Waals surface area contributed by atoms with Gasteiger partial charge in [0.2, 0.25) is 11.8 Å². The van der Waals surface area contributed by atoms with Gasteiger partial charge in [-0.05, 0) is 40.9 Å². The maximum Gasteiger partial charge on any atom is 0.228 e. The van der Waals surface area contributed by atoms with Crippen molar-refractivity contribution in [3.05, 3.63) is 22.8 Å². The average molecular weight is 297 g/mol. The fourth-order valence-corrected chi connectivity index (χ4v) is 2.25. The summed E-state index contributed by atoms with van der Waals surface area (Å²) in [6, 6.07) is 3.74. The van der Waals surface area contributed by atoms with E-state index >= 15 is 0 Å². The number of amides is 1. The van der Waals surface area contributed by atoms with Crippen molar-refractivity contribution in [2.45, 2.75) is 18.9 Å². The molecule has 0 atom stereocenters. The Kier molecular flexibility index (Phi) is 2.78. The van der Waals surface area contributed by atoms with Crippen LogP contribution < -0.4 is 4.74 Å². The van der Waals surface area contributed by atoms with E-state index in [4.69, 9.17) is 4.74 Å². The minimum Gasteiger partial charge on any atom is -0.470 e. The first kappa shape index (κ1) is 11.0. The zero-order valence-corrected chi connectivity index (χ0v) is 10.9. The van der Waals surface area contributed by atoms with Gasteiger partial charge in [0.25, 0.3) is 0 Å². The number of likely N-dealkylation sites (tertiary alicyclic amines) is 1. The quantitative estimate of drug-likeness (QED) is 0.855. The van der Waals surface area contributed by atoms with Crippen LogP contribution in [0.4, 0.5) is 0 Å². The highest BCUT2D eigenvalue weighted by Gasteiger charge is 2.40. The maximum atomic E-state index is 11.7. The van der Waals surface area contributed by atoms with Crippen LogP contribution in [0.2, 0.25) is 0 Å². The van der Waals surface area contributed by atoms with Crippen molar-refractivity contribution in [3.63, 3.8) is 0 Å². The van der Waals surface area contributed by atoms with E-state index in [9.17, 15) is 4.79 Å². The summed E-state index contributed by atoms with van der Waals surface area (Å²) < 4.78 is 6.56. The van der Waals surface area contributed by atoms with Crippen LogP contribution in [0, 0.1) is 5.92 Å². The van der Waals surface area contributed by atoms with Gasteiger partial charge in [-0.1, -0.05) is 0 Å². The maximum absolute atomic E-state index is 11.7. The third-order valence-corrected chi connectivity index (χ3v) is 3.69. The third kappa shape index (κ3) is 2.29. The monoisotopic (exact) mass is 296 g/mol. The molecule has 0 N–H and O–H groups in total. The Morgan fingerprint density at radius 3 is 2.88 bits per heavy atom. The number of hydrogen-bond acceptors (Lipinski definition) is 3. The van der Waals surface area contributed by atoms with Crippen LogP contribution in [0.15, 0.2) is 22.8 Å². The second-order valence-corrected chi connectivity index (χ2v) is 5.40. The van der Waals surface area contributed by atoms with Gasteiger partial charge < -0.3 is 9.64 Å². The van der Waals surface area contributed by atoms with Crippen LogP contribution in [0.1, 0.15) is 12.8 Å². The van der Waals surface area contributed by atoms with Gasteiger partial charge >= 0.3 is 0 Å². The van der Waals surface area contributed by atoms with E-state index in [2.05, 4.69) is 20.9 Å². The highest BCUT2D eigenvalue weighted by Crippen LogP contribution is 2.33. The molecule has 2 heterocycles. The molecule has 3 rings (SSSR count). The van der Waals surface area contributed by atoms with E-state index in [1.165, 1.54) is 0 Å². The summed E-state index contributed by atoms with van der Waals surface area (Å²) in [5, 5.41) is 0. The molecule has 0 aromatic carbocycles.